The quantitative estimate of drug-likeness (QED) is 0.675. The van der Waals surface area contributed by atoms with Gasteiger partial charge in [-0.05, 0) is 37.1 Å². The maximum absolute atomic E-state index is 11.7. The Morgan fingerprint density at radius 1 is 1.28 bits per heavy atom. The van der Waals surface area contributed by atoms with Crippen molar-refractivity contribution in [3.05, 3.63) is 36.5 Å². The summed E-state index contributed by atoms with van der Waals surface area (Å²) in [6.07, 6.45) is 4.26. The number of benzene rings is 1. The first-order chi connectivity index (χ1) is 8.79. The molecular weight excluding hydrogens is 292 g/mol. The average molecular weight is 307 g/mol. The molecule has 18 heavy (non-hydrogen) atoms. The largest absolute Gasteiger partial charge is 0.326 e. The molecule has 1 heterocycles. The highest BCUT2D eigenvalue weighted by molar-refractivity contribution is 9.09. The van der Waals surface area contributed by atoms with Crippen molar-refractivity contribution in [3.8, 4) is 0 Å². The zero-order valence-electron chi connectivity index (χ0n) is 10.0. The number of nitrogens with zero attached hydrogens (tertiary/aromatic N) is 1. The number of pyridine rings is 1. The zero-order valence-corrected chi connectivity index (χ0v) is 11.6. The van der Waals surface area contributed by atoms with Crippen LogP contribution in [0.2, 0.25) is 0 Å². The fourth-order valence-electron chi connectivity index (χ4n) is 1.76. The Kier molecular flexibility index (Phi) is 4.70. The van der Waals surface area contributed by atoms with E-state index in [0.717, 1.165) is 34.8 Å². The van der Waals surface area contributed by atoms with Crippen LogP contribution >= 0.6 is 15.9 Å². The maximum Gasteiger partial charge on any atom is 0.224 e. The van der Waals surface area contributed by atoms with E-state index in [1.807, 2.05) is 30.3 Å². The van der Waals surface area contributed by atoms with Crippen molar-refractivity contribution in [2.24, 2.45) is 0 Å². The number of alkyl halides is 1. The number of anilines is 1. The van der Waals surface area contributed by atoms with E-state index in [9.17, 15) is 4.79 Å². The molecule has 1 aromatic heterocycles. The Hall–Kier alpha value is -1.42. The normalized spacial score (nSPS) is 10.5. The molecule has 3 nitrogen and oxygen atoms in total. The van der Waals surface area contributed by atoms with Crippen molar-refractivity contribution in [2.45, 2.75) is 19.3 Å². The number of fused-ring (bicyclic) bond motifs is 1. The molecule has 2 aromatic rings. The summed E-state index contributed by atoms with van der Waals surface area (Å²) in [5, 5.41) is 4.90. The maximum atomic E-state index is 11.7. The van der Waals surface area contributed by atoms with Crippen molar-refractivity contribution in [1.29, 1.82) is 0 Å². The molecule has 0 aliphatic heterocycles. The van der Waals surface area contributed by atoms with E-state index in [1.54, 1.807) is 6.20 Å². The molecule has 0 unspecified atom stereocenters. The second-order valence-electron chi connectivity index (χ2n) is 4.11. The number of nitrogens with one attached hydrogen (secondary N) is 1. The molecule has 0 atom stereocenters. The molecule has 1 N–H and O–H groups in total. The van der Waals surface area contributed by atoms with E-state index in [-0.39, 0.29) is 5.91 Å². The number of rotatable bonds is 5. The molecule has 0 bridgehead atoms. The minimum atomic E-state index is 0.0687. The Balaban J connectivity index is 2.01. The topological polar surface area (TPSA) is 42.0 Å². The molecule has 94 valence electrons. The molecule has 1 aromatic carbocycles. The summed E-state index contributed by atoms with van der Waals surface area (Å²) in [5.74, 6) is 0.0687. The molecule has 0 saturated carbocycles. The molecule has 0 aliphatic rings. The van der Waals surface area contributed by atoms with Crippen LogP contribution in [0.3, 0.4) is 0 Å². The van der Waals surface area contributed by atoms with Gasteiger partial charge in [-0.2, -0.15) is 0 Å². The monoisotopic (exact) mass is 306 g/mol. The first-order valence-electron chi connectivity index (χ1n) is 6.00. The summed E-state index contributed by atoms with van der Waals surface area (Å²) < 4.78 is 0. The fourth-order valence-corrected chi connectivity index (χ4v) is 2.15. The molecule has 0 fully saturated rings. The third-order valence-corrected chi connectivity index (χ3v) is 3.23. The molecule has 0 spiro atoms. The van der Waals surface area contributed by atoms with Gasteiger partial charge >= 0.3 is 0 Å². The Labute approximate surface area is 115 Å². The number of hydrogen-bond donors (Lipinski definition) is 1. The van der Waals surface area contributed by atoms with Gasteiger partial charge in [-0.3, -0.25) is 9.78 Å². The predicted octanol–water partition coefficient (Wildman–Crippen LogP) is 3.74. The highest BCUT2D eigenvalue weighted by atomic mass is 79.9. The van der Waals surface area contributed by atoms with Gasteiger partial charge in [0.1, 0.15) is 0 Å². The van der Waals surface area contributed by atoms with Crippen molar-refractivity contribution in [3.63, 3.8) is 0 Å². The van der Waals surface area contributed by atoms with E-state index in [0.29, 0.717) is 6.42 Å². The van der Waals surface area contributed by atoms with Gasteiger partial charge in [-0.25, -0.2) is 0 Å². The lowest BCUT2D eigenvalue weighted by Crippen LogP contribution is -2.11. The van der Waals surface area contributed by atoms with Crippen LogP contribution in [0.5, 0.6) is 0 Å². The van der Waals surface area contributed by atoms with Gasteiger partial charge in [-0.1, -0.05) is 22.0 Å². The average Bonchev–Trinajstić information content (AvgIpc) is 2.39. The molecular formula is C14H15BrN2O. The zero-order chi connectivity index (χ0) is 12.8. The summed E-state index contributed by atoms with van der Waals surface area (Å²) in [4.78, 5) is 15.9. The van der Waals surface area contributed by atoms with Gasteiger partial charge in [-0.15, -0.1) is 0 Å². The van der Waals surface area contributed by atoms with Crippen LogP contribution in [-0.2, 0) is 4.79 Å². The molecule has 0 saturated heterocycles. The summed E-state index contributed by atoms with van der Waals surface area (Å²) in [6, 6.07) is 9.64. The highest BCUT2D eigenvalue weighted by Gasteiger charge is 2.03. The number of aromatic nitrogens is 1. The third-order valence-electron chi connectivity index (χ3n) is 2.67. The molecule has 4 heteroatoms. The van der Waals surface area contributed by atoms with Gasteiger partial charge in [0.2, 0.25) is 5.91 Å². The van der Waals surface area contributed by atoms with Crippen LogP contribution < -0.4 is 5.32 Å². The Morgan fingerprint density at radius 3 is 3.00 bits per heavy atom. The Morgan fingerprint density at radius 2 is 2.17 bits per heavy atom. The lowest BCUT2D eigenvalue weighted by molar-refractivity contribution is -0.116. The van der Waals surface area contributed by atoms with Crippen LogP contribution in [-0.4, -0.2) is 16.2 Å². The standard InChI is InChI=1S/C14H15BrN2O/c15-8-2-1-5-14(18)17-12-6-7-13-11(10-12)4-3-9-16-13/h3-4,6-7,9-10H,1-2,5,8H2,(H,17,18). The van der Waals surface area contributed by atoms with Crippen LogP contribution in [0, 0.1) is 0 Å². The first kappa shape index (κ1) is 13.0. The SMILES string of the molecule is O=C(CCCCBr)Nc1ccc2ncccc2c1. The number of halogens is 1. The van der Waals surface area contributed by atoms with E-state index < -0.39 is 0 Å². The van der Waals surface area contributed by atoms with E-state index in [1.165, 1.54) is 0 Å². The summed E-state index contributed by atoms with van der Waals surface area (Å²) >= 11 is 3.35. The van der Waals surface area contributed by atoms with Gasteiger partial charge in [0.15, 0.2) is 0 Å². The number of hydrogen-bond acceptors (Lipinski definition) is 2. The van der Waals surface area contributed by atoms with E-state index in [2.05, 4.69) is 26.2 Å². The van der Waals surface area contributed by atoms with E-state index in [4.69, 9.17) is 0 Å². The highest BCUT2D eigenvalue weighted by Crippen LogP contribution is 2.17. The van der Waals surface area contributed by atoms with Gasteiger partial charge in [0, 0.05) is 29.0 Å². The number of amides is 1. The van der Waals surface area contributed by atoms with Crippen LogP contribution in [0.15, 0.2) is 36.5 Å². The number of carbonyl (C=O) groups is 1. The minimum Gasteiger partial charge on any atom is -0.326 e. The lowest BCUT2D eigenvalue weighted by Gasteiger charge is -2.06. The summed E-state index contributed by atoms with van der Waals surface area (Å²) in [5.41, 5.74) is 1.77. The Bertz CT molecular complexity index is 542. The second kappa shape index (κ2) is 6.50. The minimum absolute atomic E-state index is 0.0687. The van der Waals surface area contributed by atoms with Gasteiger partial charge in [0.05, 0.1) is 5.52 Å². The first-order valence-corrected chi connectivity index (χ1v) is 7.12. The third kappa shape index (κ3) is 3.53. The smallest absolute Gasteiger partial charge is 0.224 e. The molecule has 0 aliphatic carbocycles. The molecule has 1 amide bonds. The number of unbranched alkanes of at least 4 members (excludes halogenated alkanes) is 1. The second-order valence-corrected chi connectivity index (χ2v) is 4.90. The van der Waals surface area contributed by atoms with Crippen molar-refractivity contribution in [1.82, 2.24) is 4.98 Å². The van der Waals surface area contributed by atoms with Gasteiger partial charge in [0.25, 0.3) is 0 Å². The molecule has 2 rings (SSSR count). The van der Waals surface area contributed by atoms with Crippen LogP contribution in [0.4, 0.5) is 5.69 Å². The van der Waals surface area contributed by atoms with Crippen molar-refractivity contribution in [2.75, 3.05) is 10.6 Å². The van der Waals surface area contributed by atoms with Gasteiger partial charge < -0.3 is 5.32 Å². The van der Waals surface area contributed by atoms with Crippen LogP contribution in [0.25, 0.3) is 10.9 Å². The summed E-state index contributed by atoms with van der Waals surface area (Å²) in [7, 11) is 0. The predicted molar refractivity (Wildman–Crippen MR) is 78.0 cm³/mol. The summed E-state index contributed by atoms with van der Waals surface area (Å²) in [6.45, 7) is 0. The van der Waals surface area contributed by atoms with E-state index >= 15 is 0 Å². The number of carbonyl (C=O) groups excluding carboxylic acids is 1. The van der Waals surface area contributed by atoms with Crippen molar-refractivity contribution >= 4 is 38.4 Å². The van der Waals surface area contributed by atoms with Crippen molar-refractivity contribution < 1.29 is 4.79 Å². The fraction of sp³-hybridized carbons (Fsp3) is 0.286. The van der Waals surface area contributed by atoms with Crippen LogP contribution in [0.1, 0.15) is 19.3 Å². The molecule has 0 radical (unpaired) electrons. The lowest BCUT2D eigenvalue weighted by atomic mass is 10.2.